The minimum atomic E-state index is -4.60. The summed E-state index contributed by atoms with van der Waals surface area (Å²) in [5.74, 6) is -2.48. The number of amides is 1. The lowest BCUT2D eigenvalue weighted by Gasteiger charge is -2.19. The second-order valence-corrected chi connectivity index (χ2v) is 7.03. The molecule has 0 radical (unpaired) electrons. The summed E-state index contributed by atoms with van der Waals surface area (Å²) in [5, 5.41) is 13.3. The average molecular weight is 478 g/mol. The van der Waals surface area contributed by atoms with Gasteiger partial charge in [-0.2, -0.15) is 23.5 Å². The number of halogens is 5. The molecule has 1 aliphatic heterocycles. The van der Waals surface area contributed by atoms with E-state index in [0.717, 1.165) is 18.2 Å². The Balaban J connectivity index is 0.00000158. The van der Waals surface area contributed by atoms with Gasteiger partial charge in [-0.15, -0.1) is 0 Å². The van der Waals surface area contributed by atoms with Crippen LogP contribution in [0.15, 0.2) is 42.6 Å². The SMILES string of the molecule is CC.N#Cc1ccc(OCC(F)(F)F)c(C(=O)N2Cc3cn(-c4ccc(F)cc4F)nc3C2)c1. The van der Waals surface area contributed by atoms with Gasteiger partial charge >= 0.3 is 6.18 Å². The molecule has 4 rings (SSSR count). The largest absolute Gasteiger partial charge is 0.483 e. The van der Waals surface area contributed by atoms with Gasteiger partial charge in [0, 0.05) is 24.4 Å². The third kappa shape index (κ3) is 5.33. The summed E-state index contributed by atoms with van der Waals surface area (Å²) in [6.07, 6.45) is -3.11. The Morgan fingerprint density at radius 1 is 1.15 bits per heavy atom. The van der Waals surface area contributed by atoms with E-state index in [2.05, 4.69) is 5.10 Å². The van der Waals surface area contributed by atoms with Crippen LogP contribution in [0.1, 0.15) is 41.0 Å². The lowest BCUT2D eigenvalue weighted by Crippen LogP contribution is -2.27. The number of fused-ring (bicyclic) bond motifs is 1. The maximum atomic E-state index is 14.0. The second kappa shape index (κ2) is 9.91. The van der Waals surface area contributed by atoms with E-state index in [4.69, 9.17) is 10.00 Å². The molecule has 0 unspecified atom stereocenters. The van der Waals surface area contributed by atoms with Crippen molar-refractivity contribution in [2.75, 3.05) is 6.61 Å². The van der Waals surface area contributed by atoms with Gasteiger partial charge in [0.15, 0.2) is 12.4 Å². The molecule has 178 valence electrons. The molecule has 2 aromatic carbocycles. The van der Waals surface area contributed by atoms with Crippen LogP contribution in [0.5, 0.6) is 5.75 Å². The highest BCUT2D eigenvalue weighted by molar-refractivity contribution is 5.97. The number of carbonyl (C=O) groups is 1. The summed E-state index contributed by atoms with van der Waals surface area (Å²) in [6, 6.07) is 8.44. The zero-order valence-electron chi connectivity index (χ0n) is 18.2. The van der Waals surface area contributed by atoms with E-state index >= 15 is 0 Å². The van der Waals surface area contributed by atoms with Crippen LogP contribution in [0.3, 0.4) is 0 Å². The van der Waals surface area contributed by atoms with Gasteiger partial charge in [0.1, 0.15) is 17.3 Å². The van der Waals surface area contributed by atoms with Crippen molar-refractivity contribution in [3.8, 4) is 17.5 Å². The predicted octanol–water partition coefficient (Wildman–Crippen LogP) is 5.15. The number of nitriles is 1. The summed E-state index contributed by atoms with van der Waals surface area (Å²) >= 11 is 0. The summed E-state index contributed by atoms with van der Waals surface area (Å²) in [4.78, 5) is 14.3. The van der Waals surface area contributed by atoms with Crippen LogP contribution in [0, 0.1) is 23.0 Å². The third-order valence-corrected chi connectivity index (χ3v) is 4.75. The summed E-state index contributed by atoms with van der Waals surface area (Å²) in [7, 11) is 0. The fraction of sp³-hybridized carbons (Fsp3) is 0.261. The Morgan fingerprint density at radius 2 is 1.88 bits per heavy atom. The zero-order valence-corrected chi connectivity index (χ0v) is 18.2. The van der Waals surface area contributed by atoms with Gasteiger partial charge in [-0.25, -0.2) is 13.5 Å². The number of ether oxygens (including phenoxy) is 1. The van der Waals surface area contributed by atoms with Gasteiger partial charge in [0.25, 0.3) is 5.91 Å². The van der Waals surface area contributed by atoms with Crippen LogP contribution in [-0.2, 0) is 13.1 Å². The number of alkyl halides is 3. The van der Waals surface area contributed by atoms with E-state index in [1.54, 1.807) is 0 Å². The average Bonchev–Trinajstić information content (AvgIpc) is 3.37. The molecule has 11 heteroatoms. The Morgan fingerprint density at radius 3 is 2.50 bits per heavy atom. The summed E-state index contributed by atoms with van der Waals surface area (Å²) < 4.78 is 70.8. The zero-order chi connectivity index (χ0) is 25.0. The van der Waals surface area contributed by atoms with Gasteiger partial charge < -0.3 is 9.64 Å². The van der Waals surface area contributed by atoms with Crippen LogP contribution in [0.2, 0.25) is 0 Å². The first-order chi connectivity index (χ1) is 16.1. The molecule has 0 saturated carbocycles. The fourth-order valence-electron chi connectivity index (χ4n) is 3.31. The van der Waals surface area contributed by atoms with Gasteiger partial charge in [-0.05, 0) is 30.3 Å². The number of hydrogen-bond acceptors (Lipinski definition) is 4. The molecular formula is C23H19F5N4O2. The van der Waals surface area contributed by atoms with Gasteiger partial charge in [0.05, 0.1) is 29.4 Å². The normalized spacial score (nSPS) is 12.5. The van der Waals surface area contributed by atoms with Crippen molar-refractivity contribution in [2.24, 2.45) is 0 Å². The molecule has 0 fully saturated rings. The molecule has 3 aromatic rings. The standard InChI is InChI=1S/C21H13F5N4O2.C2H6/c22-14-2-3-18(16(23)6-14)30-9-13-8-29(10-17(13)28-30)20(31)15-5-12(7-27)1-4-19(15)32-11-21(24,25)26;1-2/h1-6,9H,8,10-11H2;1-2H3. The van der Waals surface area contributed by atoms with E-state index in [9.17, 15) is 26.7 Å². The Bertz CT molecular complexity index is 1220. The van der Waals surface area contributed by atoms with E-state index in [1.807, 2.05) is 19.9 Å². The number of nitrogens with zero attached hydrogens (tertiary/aromatic N) is 4. The molecule has 0 spiro atoms. The maximum Gasteiger partial charge on any atom is 0.422 e. The molecule has 1 aliphatic rings. The minimum absolute atomic E-state index is 0.0134. The van der Waals surface area contributed by atoms with Crippen molar-refractivity contribution in [1.82, 2.24) is 14.7 Å². The van der Waals surface area contributed by atoms with Crippen molar-refractivity contribution in [1.29, 1.82) is 5.26 Å². The van der Waals surface area contributed by atoms with E-state index < -0.39 is 30.3 Å². The molecule has 0 saturated heterocycles. The quantitative estimate of drug-likeness (QED) is 0.487. The molecule has 0 aliphatic carbocycles. The van der Waals surface area contributed by atoms with Crippen LogP contribution in [-0.4, -0.2) is 33.4 Å². The molecule has 0 atom stereocenters. The first-order valence-electron chi connectivity index (χ1n) is 10.2. The number of hydrogen-bond donors (Lipinski definition) is 0. The highest BCUT2D eigenvalue weighted by Crippen LogP contribution is 2.29. The molecule has 34 heavy (non-hydrogen) atoms. The first kappa shape index (κ1) is 24.7. The highest BCUT2D eigenvalue weighted by atomic mass is 19.4. The first-order valence-corrected chi connectivity index (χ1v) is 10.2. The molecule has 2 heterocycles. The van der Waals surface area contributed by atoms with Crippen molar-refractivity contribution >= 4 is 5.91 Å². The highest BCUT2D eigenvalue weighted by Gasteiger charge is 2.32. The van der Waals surface area contributed by atoms with Crippen molar-refractivity contribution in [3.63, 3.8) is 0 Å². The molecule has 0 bridgehead atoms. The van der Waals surface area contributed by atoms with E-state index in [-0.39, 0.29) is 35.7 Å². The lowest BCUT2D eigenvalue weighted by atomic mass is 10.1. The Labute approximate surface area is 191 Å². The smallest absolute Gasteiger partial charge is 0.422 e. The molecule has 1 aromatic heterocycles. The lowest BCUT2D eigenvalue weighted by molar-refractivity contribution is -0.153. The molecular weight excluding hydrogens is 459 g/mol. The second-order valence-electron chi connectivity index (χ2n) is 7.03. The molecule has 0 N–H and O–H groups in total. The third-order valence-electron chi connectivity index (χ3n) is 4.75. The monoisotopic (exact) mass is 478 g/mol. The van der Waals surface area contributed by atoms with Gasteiger partial charge in [0.2, 0.25) is 0 Å². The van der Waals surface area contributed by atoms with Crippen LogP contribution in [0.25, 0.3) is 5.69 Å². The predicted molar refractivity (Wildman–Crippen MR) is 111 cm³/mol. The van der Waals surface area contributed by atoms with Crippen molar-refractivity contribution in [2.45, 2.75) is 33.1 Å². The number of rotatable bonds is 4. The van der Waals surface area contributed by atoms with Gasteiger partial charge in [-0.1, -0.05) is 13.8 Å². The minimum Gasteiger partial charge on any atom is -0.483 e. The summed E-state index contributed by atoms with van der Waals surface area (Å²) in [6.45, 7) is 2.49. The number of carbonyl (C=O) groups excluding carboxylic acids is 1. The van der Waals surface area contributed by atoms with Gasteiger partial charge in [-0.3, -0.25) is 4.79 Å². The maximum absolute atomic E-state index is 14.0. The van der Waals surface area contributed by atoms with E-state index in [1.165, 1.54) is 34.0 Å². The summed E-state index contributed by atoms with van der Waals surface area (Å²) in [5.41, 5.74) is 0.980. The van der Waals surface area contributed by atoms with Crippen molar-refractivity contribution < 1.29 is 31.5 Å². The van der Waals surface area contributed by atoms with Crippen molar-refractivity contribution in [3.05, 3.63) is 76.6 Å². The van der Waals surface area contributed by atoms with E-state index in [0.29, 0.717) is 11.3 Å². The van der Waals surface area contributed by atoms with Crippen LogP contribution >= 0.6 is 0 Å². The van der Waals surface area contributed by atoms with Crippen LogP contribution < -0.4 is 4.74 Å². The Hall–Kier alpha value is -3.94. The van der Waals surface area contributed by atoms with Crippen LogP contribution in [0.4, 0.5) is 22.0 Å². The molecule has 6 nitrogen and oxygen atoms in total. The molecule has 1 amide bonds. The number of aromatic nitrogens is 2. The topological polar surface area (TPSA) is 71.2 Å². The fourth-order valence-corrected chi connectivity index (χ4v) is 3.31. The number of benzene rings is 2. The Kier molecular flexibility index (Phi) is 7.20.